The zero-order chi connectivity index (χ0) is 16.1. The number of rotatable bonds is 4. The normalized spacial score (nSPS) is 10.0. The van der Waals surface area contributed by atoms with E-state index >= 15 is 0 Å². The number of nitrogens with one attached hydrogen (secondary N) is 3. The van der Waals surface area contributed by atoms with Crippen molar-refractivity contribution in [1.82, 2.24) is 9.97 Å². The van der Waals surface area contributed by atoms with E-state index in [4.69, 9.17) is 4.74 Å². The number of esters is 1. The number of carbonyl (C=O) groups is 2. The van der Waals surface area contributed by atoms with Gasteiger partial charge in [0.1, 0.15) is 5.69 Å². The maximum absolute atomic E-state index is 12.1. The molecule has 2 rings (SSSR count). The van der Waals surface area contributed by atoms with E-state index in [0.29, 0.717) is 0 Å². The third kappa shape index (κ3) is 3.48. The van der Waals surface area contributed by atoms with E-state index in [-0.39, 0.29) is 23.6 Å². The van der Waals surface area contributed by atoms with E-state index in [1.807, 2.05) is 4.98 Å². The Hall–Kier alpha value is -3.16. The first-order valence-electron chi connectivity index (χ1n) is 6.42. The number of benzene rings is 1. The number of aromatic nitrogens is 2. The second kappa shape index (κ2) is 6.53. The fourth-order valence-corrected chi connectivity index (χ4v) is 1.76. The average Bonchev–Trinajstić information content (AvgIpc) is 2.47. The van der Waals surface area contributed by atoms with Crippen molar-refractivity contribution in [3.8, 4) is 0 Å². The summed E-state index contributed by atoms with van der Waals surface area (Å²) in [7, 11) is 0. The van der Waals surface area contributed by atoms with Crippen molar-refractivity contribution in [2.75, 3.05) is 11.9 Å². The molecule has 114 valence electrons. The standard InChI is InChI=1S/C14H13N3O5/c1-2-22-13(20)8-5-3-4-6-9(8)15-12(19)10-7-11(18)17-14(21)16-10/h3-7H,2H2,1H3,(H,15,19)(H2,16,17,18,21). The van der Waals surface area contributed by atoms with E-state index < -0.39 is 23.1 Å². The quantitative estimate of drug-likeness (QED) is 0.710. The molecule has 0 aliphatic heterocycles. The highest BCUT2D eigenvalue weighted by molar-refractivity contribution is 6.06. The largest absolute Gasteiger partial charge is 0.462 e. The number of amides is 1. The van der Waals surface area contributed by atoms with E-state index in [1.54, 1.807) is 19.1 Å². The van der Waals surface area contributed by atoms with Gasteiger partial charge in [-0.1, -0.05) is 12.1 Å². The lowest BCUT2D eigenvalue weighted by molar-refractivity contribution is 0.0527. The van der Waals surface area contributed by atoms with Crippen molar-refractivity contribution < 1.29 is 14.3 Å². The molecule has 0 aliphatic carbocycles. The second-order valence-electron chi connectivity index (χ2n) is 4.22. The first kappa shape index (κ1) is 15.2. The molecule has 0 aliphatic rings. The summed E-state index contributed by atoms with van der Waals surface area (Å²) in [5.41, 5.74) is -1.33. The first-order valence-corrected chi connectivity index (χ1v) is 6.42. The van der Waals surface area contributed by atoms with Crippen LogP contribution in [0.2, 0.25) is 0 Å². The topological polar surface area (TPSA) is 121 Å². The highest BCUT2D eigenvalue weighted by Gasteiger charge is 2.15. The van der Waals surface area contributed by atoms with Crippen molar-refractivity contribution in [3.63, 3.8) is 0 Å². The summed E-state index contributed by atoms with van der Waals surface area (Å²) < 4.78 is 4.89. The van der Waals surface area contributed by atoms with Crippen molar-refractivity contribution in [3.05, 3.63) is 62.4 Å². The Kier molecular flexibility index (Phi) is 4.52. The Labute approximate surface area is 124 Å². The predicted molar refractivity (Wildman–Crippen MR) is 78.0 cm³/mol. The van der Waals surface area contributed by atoms with E-state index in [2.05, 4.69) is 10.3 Å². The molecular formula is C14H13N3O5. The number of hydrogen-bond acceptors (Lipinski definition) is 5. The molecule has 0 unspecified atom stereocenters. The van der Waals surface area contributed by atoms with Gasteiger partial charge in [0.2, 0.25) is 0 Å². The Morgan fingerprint density at radius 1 is 1.18 bits per heavy atom. The number of carbonyl (C=O) groups excluding carboxylic acids is 2. The first-order chi connectivity index (χ1) is 10.5. The van der Waals surface area contributed by atoms with Gasteiger partial charge in [-0.15, -0.1) is 0 Å². The number of aromatic amines is 2. The van der Waals surface area contributed by atoms with Gasteiger partial charge < -0.3 is 15.0 Å². The highest BCUT2D eigenvalue weighted by atomic mass is 16.5. The van der Waals surface area contributed by atoms with Crippen LogP contribution in [0.3, 0.4) is 0 Å². The highest BCUT2D eigenvalue weighted by Crippen LogP contribution is 2.16. The molecule has 1 aromatic heterocycles. The summed E-state index contributed by atoms with van der Waals surface area (Å²) in [4.78, 5) is 50.4. The van der Waals surface area contributed by atoms with Gasteiger partial charge in [0.15, 0.2) is 0 Å². The molecule has 0 saturated carbocycles. The Bertz CT molecular complexity index is 793. The minimum absolute atomic E-state index is 0.171. The molecular weight excluding hydrogens is 290 g/mol. The molecule has 3 N–H and O–H groups in total. The monoisotopic (exact) mass is 303 g/mol. The molecule has 0 spiro atoms. The zero-order valence-electron chi connectivity index (χ0n) is 11.6. The molecule has 1 aromatic carbocycles. The Morgan fingerprint density at radius 2 is 1.91 bits per heavy atom. The molecule has 0 atom stereocenters. The third-order valence-electron chi connectivity index (χ3n) is 2.68. The third-order valence-corrected chi connectivity index (χ3v) is 2.68. The van der Waals surface area contributed by atoms with Crippen LogP contribution in [0.4, 0.5) is 5.69 Å². The smallest absolute Gasteiger partial charge is 0.340 e. The molecule has 0 saturated heterocycles. The van der Waals surface area contributed by atoms with Gasteiger partial charge in [-0.05, 0) is 19.1 Å². The van der Waals surface area contributed by atoms with Crippen LogP contribution >= 0.6 is 0 Å². The van der Waals surface area contributed by atoms with Crippen LogP contribution < -0.4 is 16.6 Å². The molecule has 22 heavy (non-hydrogen) atoms. The van der Waals surface area contributed by atoms with Gasteiger partial charge in [-0.25, -0.2) is 9.59 Å². The van der Waals surface area contributed by atoms with Gasteiger partial charge in [0, 0.05) is 6.07 Å². The number of anilines is 1. The molecule has 2 aromatic rings. The summed E-state index contributed by atoms with van der Waals surface area (Å²) in [6.07, 6.45) is 0. The van der Waals surface area contributed by atoms with Gasteiger partial charge in [0.25, 0.3) is 11.5 Å². The maximum Gasteiger partial charge on any atom is 0.340 e. The van der Waals surface area contributed by atoms with Gasteiger partial charge in [-0.3, -0.25) is 14.6 Å². The molecule has 1 heterocycles. The van der Waals surface area contributed by atoms with Crippen molar-refractivity contribution in [2.24, 2.45) is 0 Å². The summed E-state index contributed by atoms with van der Waals surface area (Å²) in [6, 6.07) is 7.20. The van der Waals surface area contributed by atoms with E-state index in [9.17, 15) is 19.2 Å². The number of H-pyrrole nitrogens is 2. The van der Waals surface area contributed by atoms with Gasteiger partial charge in [-0.2, -0.15) is 0 Å². The molecule has 0 radical (unpaired) electrons. The number of para-hydroxylation sites is 1. The minimum Gasteiger partial charge on any atom is -0.462 e. The maximum atomic E-state index is 12.1. The predicted octanol–water partition coefficient (Wildman–Crippen LogP) is 0.492. The lowest BCUT2D eigenvalue weighted by Crippen LogP contribution is -2.27. The summed E-state index contributed by atoms with van der Waals surface area (Å²) in [5, 5.41) is 2.46. The summed E-state index contributed by atoms with van der Waals surface area (Å²) in [5.74, 6) is -1.31. The number of ether oxygens (including phenoxy) is 1. The molecule has 1 amide bonds. The Morgan fingerprint density at radius 3 is 2.59 bits per heavy atom. The molecule has 0 fully saturated rings. The lowest BCUT2D eigenvalue weighted by Gasteiger charge is -2.10. The SMILES string of the molecule is CCOC(=O)c1ccccc1NC(=O)c1cc(=O)[nH]c(=O)[nH]1. The fraction of sp³-hybridized carbons (Fsp3) is 0.143. The zero-order valence-corrected chi connectivity index (χ0v) is 11.6. The van der Waals surface area contributed by atoms with Crippen molar-refractivity contribution in [1.29, 1.82) is 0 Å². The van der Waals surface area contributed by atoms with Gasteiger partial charge in [0.05, 0.1) is 17.9 Å². The van der Waals surface area contributed by atoms with Crippen molar-refractivity contribution >= 4 is 17.6 Å². The molecule has 8 nitrogen and oxygen atoms in total. The fourth-order valence-electron chi connectivity index (χ4n) is 1.76. The van der Waals surface area contributed by atoms with E-state index in [1.165, 1.54) is 12.1 Å². The van der Waals surface area contributed by atoms with Crippen molar-refractivity contribution in [2.45, 2.75) is 6.92 Å². The van der Waals surface area contributed by atoms with Crippen LogP contribution in [0.1, 0.15) is 27.8 Å². The Balaban J connectivity index is 2.31. The summed E-state index contributed by atoms with van der Waals surface area (Å²) >= 11 is 0. The van der Waals surface area contributed by atoms with Crippen LogP contribution in [0.25, 0.3) is 0 Å². The number of hydrogen-bond donors (Lipinski definition) is 3. The van der Waals surface area contributed by atoms with Crippen LogP contribution in [0.5, 0.6) is 0 Å². The molecule has 0 bridgehead atoms. The molecule has 8 heteroatoms. The van der Waals surface area contributed by atoms with Crippen LogP contribution in [0, 0.1) is 0 Å². The van der Waals surface area contributed by atoms with Gasteiger partial charge >= 0.3 is 11.7 Å². The lowest BCUT2D eigenvalue weighted by atomic mass is 10.1. The van der Waals surface area contributed by atoms with E-state index in [0.717, 1.165) is 6.07 Å². The summed E-state index contributed by atoms with van der Waals surface area (Å²) in [6.45, 7) is 1.86. The second-order valence-corrected chi connectivity index (χ2v) is 4.22. The minimum atomic E-state index is -0.795. The van der Waals surface area contributed by atoms with Crippen LogP contribution in [0.15, 0.2) is 39.9 Å². The average molecular weight is 303 g/mol. The van der Waals surface area contributed by atoms with Crippen LogP contribution in [-0.2, 0) is 4.74 Å². The van der Waals surface area contributed by atoms with Crippen LogP contribution in [-0.4, -0.2) is 28.5 Å².